The number of nitrogens with two attached hydrogens (primary N) is 1. The fraction of sp³-hybridized carbons (Fsp3) is 0.875. The Morgan fingerprint density at radius 2 is 2.08 bits per heavy atom. The van der Waals surface area contributed by atoms with Gasteiger partial charge in [-0.2, -0.15) is 12.6 Å². The summed E-state index contributed by atoms with van der Waals surface area (Å²) < 4.78 is 0. The maximum absolute atomic E-state index is 11.2. The number of carbonyl (C=O) groups is 1. The molecule has 5 heteroatoms. The minimum Gasteiger partial charge on any atom is -0.354 e. The van der Waals surface area contributed by atoms with Gasteiger partial charge in [0.25, 0.3) is 0 Å². The third kappa shape index (κ3) is 8.59. The van der Waals surface area contributed by atoms with Crippen molar-refractivity contribution >= 4 is 35.5 Å². The number of thiol groups is 1. The molecule has 0 bridgehead atoms. The Labute approximate surface area is 96.0 Å². The smallest absolute Gasteiger partial charge is 0.236 e. The summed E-state index contributed by atoms with van der Waals surface area (Å²) in [5, 5.41) is 2.70. The second-order valence-corrected chi connectivity index (χ2v) is 3.70. The first-order valence-electron chi connectivity index (χ1n) is 4.22. The number of hydrogen-bond acceptors (Lipinski definition) is 3. The number of carbonyl (C=O) groups excluding carboxylic acids is 1. The van der Waals surface area contributed by atoms with Crippen molar-refractivity contribution in [1.82, 2.24) is 5.32 Å². The first kappa shape index (κ1) is 15.7. The van der Waals surface area contributed by atoms with Crippen LogP contribution in [-0.2, 0) is 4.79 Å². The molecule has 0 heterocycles. The summed E-state index contributed by atoms with van der Waals surface area (Å²) >= 11 is 3.98. The predicted molar refractivity (Wildman–Crippen MR) is 64.6 cm³/mol. The van der Waals surface area contributed by atoms with Crippen LogP contribution in [0.15, 0.2) is 0 Å². The number of amides is 1. The first-order chi connectivity index (χ1) is 5.57. The van der Waals surface area contributed by atoms with E-state index in [9.17, 15) is 4.79 Å². The molecule has 0 aromatic rings. The van der Waals surface area contributed by atoms with Gasteiger partial charge in [0.05, 0.1) is 6.04 Å². The largest absolute Gasteiger partial charge is 0.354 e. The van der Waals surface area contributed by atoms with Crippen LogP contribution in [0.3, 0.4) is 0 Å². The molecule has 80 valence electrons. The van der Waals surface area contributed by atoms with Crippen LogP contribution in [0.2, 0.25) is 0 Å². The van der Waals surface area contributed by atoms with Gasteiger partial charge in [-0.3, -0.25) is 4.79 Å². The van der Waals surface area contributed by atoms with Crippen LogP contribution in [-0.4, -0.2) is 24.2 Å². The quantitative estimate of drug-likeness (QED) is 0.653. The van der Waals surface area contributed by atoms with Crippen LogP contribution in [0.4, 0.5) is 0 Å². The minimum absolute atomic E-state index is 0. The van der Waals surface area contributed by atoms with E-state index in [2.05, 4.69) is 17.9 Å². The Balaban J connectivity index is 0. The molecule has 0 aliphatic carbocycles. The molecule has 3 nitrogen and oxygen atoms in total. The van der Waals surface area contributed by atoms with E-state index in [0.717, 1.165) is 6.42 Å². The van der Waals surface area contributed by atoms with E-state index < -0.39 is 0 Å². The van der Waals surface area contributed by atoms with Crippen LogP contribution in [0, 0.1) is 5.92 Å². The lowest BCUT2D eigenvalue weighted by Crippen LogP contribution is -2.42. The summed E-state index contributed by atoms with van der Waals surface area (Å²) in [6, 6.07) is -0.370. The number of nitrogens with one attached hydrogen (secondary N) is 1. The van der Waals surface area contributed by atoms with Crippen molar-refractivity contribution in [3.63, 3.8) is 0 Å². The van der Waals surface area contributed by atoms with Crippen LogP contribution >= 0.6 is 29.6 Å². The summed E-state index contributed by atoms with van der Waals surface area (Å²) in [5.41, 5.74) is 5.62. The summed E-state index contributed by atoms with van der Waals surface area (Å²) in [7, 11) is 0. The highest BCUT2D eigenvalue weighted by molar-refractivity contribution is 8.93. The maximum atomic E-state index is 11.2. The third-order valence-corrected chi connectivity index (χ3v) is 1.70. The molecule has 1 atom stereocenters. The fourth-order valence-corrected chi connectivity index (χ4v) is 1.04. The molecule has 13 heavy (non-hydrogen) atoms. The molecule has 0 aromatic heterocycles. The molecule has 0 fully saturated rings. The summed E-state index contributed by atoms with van der Waals surface area (Å²) in [4.78, 5) is 11.2. The molecule has 0 radical (unpaired) electrons. The molecule has 0 aliphatic heterocycles. The van der Waals surface area contributed by atoms with Gasteiger partial charge in [0.15, 0.2) is 0 Å². The van der Waals surface area contributed by atoms with Crippen LogP contribution in [0.5, 0.6) is 0 Å². The minimum atomic E-state index is -0.370. The lowest BCUT2D eigenvalue weighted by atomic mass is 10.0. The second-order valence-electron chi connectivity index (χ2n) is 3.25. The first-order valence-corrected chi connectivity index (χ1v) is 4.85. The van der Waals surface area contributed by atoms with Crippen molar-refractivity contribution < 1.29 is 4.79 Å². The second kappa shape index (κ2) is 8.84. The van der Waals surface area contributed by atoms with E-state index >= 15 is 0 Å². The molecule has 0 aliphatic rings. The molecule has 0 rings (SSSR count). The van der Waals surface area contributed by atoms with Crippen molar-refractivity contribution in [1.29, 1.82) is 0 Å². The molecular formula is C8H19BrN2OS. The van der Waals surface area contributed by atoms with Gasteiger partial charge in [-0.15, -0.1) is 17.0 Å². The SMILES string of the molecule is Br.CC(C)C[C@H](N)C(=O)NCCS. The zero-order valence-electron chi connectivity index (χ0n) is 8.12. The molecular weight excluding hydrogens is 252 g/mol. The topological polar surface area (TPSA) is 55.1 Å². The van der Waals surface area contributed by atoms with E-state index in [0.29, 0.717) is 18.2 Å². The molecule has 1 amide bonds. The highest BCUT2D eigenvalue weighted by atomic mass is 79.9. The van der Waals surface area contributed by atoms with Crippen molar-refractivity contribution in [2.45, 2.75) is 26.3 Å². The van der Waals surface area contributed by atoms with E-state index in [1.54, 1.807) is 0 Å². The number of hydrogen-bond donors (Lipinski definition) is 3. The highest BCUT2D eigenvalue weighted by Gasteiger charge is 2.13. The van der Waals surface area contributed by atoms with E-state index in [1.807, 2.05) is 13.8 Å². The van der Waals surface area contributed by atoms with Gasteiger partial charge < -0.3 is 11.1 Å². The van der Waals surface area contributed by atoms with Gasteiger partial charge in [0.1, 0.15) is 0 Å². The average molecular weight is 271 g/mol. The van der Waals surface area contributed by atoms with E-state index in [-0.39, 0.29) is 28.9 Å². The molecule has 0 saturated carbocycles. The summed E-state index contributed by atoms with van der Waals surface area (Å²) in [6.45, 7) is 4.69. The van der Waals surface area contributed by atoms with Gasteiger partial charge in [-0.05, 0) is 12.3 Å². The predicted octanol–water partition coefficient (Wildman–Crippen LogP) is 0.984. The summed E-state index contributed by atoms with van der Waals surface area (Å²) in [6.07, 6.45) is 0.735. The van der Waals surface area contributed by atoms with Gasteiger partial charge in [-0.25, -0.2) is 0 Å². The zero-order chi connectivity index (χ0) is 9.56. The van der Waals surface area contributed by atoms with Crippen LogP contribution in [0.1, 0.15) is 20.3 Å². The Hall–Kier alpha value is 0.260. The Morgan fingerprint density at radius 1 is 1.54 bits per heavy atom. The monoisotopic (exact) mass is 270 g/mol. The summed E-state index contributed by atoms with van der Waals surface area (Å²) in [5.74, 6) is 1.04. The molecule has 0 aromatic carbocycles. The van der Waals surface area contributed by atoms with Crippen molar-refractivity contribution in [2.75, 3.05) is 12.3 Å². The lowest BCUT2D eigenvalue weighted by Gasteiger charge is -2.13. The van der Waals surface area contributed by atoms with Crippen molar-refractivity contribution in [3.05, 3.63) is 0 Å². The molecule has 0 unspecified atom stereocenters. The maximum Gasteiger partial charge on any atom is 0.236 e. The van der Waals surface area contributed by atoms with Crippen molar-refractivity contribution in [3.8, 4) is 0 Å². The third-order valence-electron chi connectivity index (χ3n) is 1.47. The molecule has 0 spiro atoms. The Kier molecular flexibility index (Phi) is 10.7. The van der Waals surface area contributed by atoms with Gasteiger partial charge in [0.2, 0.25) is 5.91 Å². The standard InChI is InChI=1S/C8H18N2OS.BrH/c1-6(2)5-7(9)8(11)10-3-4-12;/h6-7,12H,3-5,9H2,1-2H3,(H,10,11);1H/t7-;/m0./s1. The Morgan fingerprint density at radius 3 is 2.46 bits per heavy atom. The zero-order valence-corrected chi connectivity index (χ0v) is 10.7. The molecule has 3 N–H and O–H groups in total. The Bertz CT molecular complexity index is 144. The van der Waals surface area contributed by atoms with E-state index in [4.69, 9.17) is 5.73 Å². The number of rotatable bonds is 5. The van der Waals surface area contributed by atoms with Gasteiger partial charge in [-0.1, -0.05) is 13.8 Å². The highest BCUT2D eigenvalue weighted by Crippen LogP contribution is 2.02. The number of halogens is 1. The molecule has 0 saturated heterocycles. The van der Waals surface area contributed by atoms with Crippen LogP contribution < -0.4 is 11.1 Å². The normalized spacial score (nSPS) is 12.1. The van der Waals surface area contributed by atoms with Crippen molar-refractivity contribution in [2.24, 2.45) is 11.7 Å². The lowest BCUT2D eigenvalue weighted by molar-refractivity contribution is -0.122. The fourth-order valence-electron chi connectivity index (χ4n) is 0.925. The van der Waals surface area contributed by atoms with Gasteiger partial charge in [0, 0.05) is 12.3 Å². The van der Waals surface area contributed by atoms with Gasteiger partial charge >= 0.3 is 0 Å². The average Bonchev–Trinajstić information content (AvgIpc) is 1.98. The van der Waals surface area contributed by atoms with Crippen LogP contribution in [0.25, 0.3) is 0 Å². The van der Waals surface area contributed by atoms with E-state index in [1.165, 1.54) is 0 Å².